The quantitative estimate of drug-likeness (QED) is 0.500. The molecule has 0 radical (unpaired) electrons. The first-order valence-corrected chi connectivity index (χ1v) is 10.9. The molecular weight excluding hydrogens is 408 g/mol. The lowest BCUT2D eigenvalue weighted by atomic mass is 10.2. The molecule has 7 nitrogen and oxygen atoms in total. The Hall–Kier alpha value is -2.26. The Bertz CT molecular complexity index is 1220. The molecule has 1 saturated heterocycles. The Balaban J connectivity index is 1.31. The molecule has 0 saturated carbocycles. The van der Waals surface area contributed by atoms with Crippen LogP contribution in [0.4, 0.5) is 0 Å². The molecule has 0 atom stereocenters. The smallest absolute Gasteiger partial charge is 0.272 e. The number of hydrogen-bond acceptors (Lipinski definition) is 6. The van der Waals surface area contributed by atoms with Crippen molar-refractivity contribution in [3.05, 3.63) is 62.5 Å². The highest BCUT2D eigenvalue weighted by Gasteiger charge is 2.21. The van der Waals surface area contributed by atoms with Crippen LogP contribution in [0.25, 0.3) is 16.0 Å². The molecule has 150 valence electrons. The maximum Gasteiger partial charge on any atom is 0.272 e. The highest BCUT2D eigenvalue weighted by Crippen LogP contribution is 2.20. The van der Waals surface area contributed by atoms with Gasteiger partial charge in [0, 0.05) is 44.8 Å². The maximum absolute atomic E-state index is 12.5. The maximum atomic E-state index is 12.5. The van der Waals surface area contributed by atoms with Crippen LogP contribution >= 0.6 is 22.9 Å². The predicted octanol–water partition coefficient (Wildman–Crippen LogP) is 2.61. The molecule has 0 unspecified atom stereocenters. The number of piperazine rings is 1. The predicted molar refractivity (Wildman–Crippen MR) is 116 cm³/mol. The minimum absolute atomic E-state index is 0.0164. The summed E-state index contributed by atoms with van der Waals surface area (Å²) < 4.78 is 4.35. The van der Waals surface area contributed by atoms with Gasteiger partial charge in [-0.05, 0) is 29.1 Å². The van der Waals surface area contributed by atoms with Crippen LogP contribution in [0.3, 0.4) is 0 Å². The molecule has 4 heterocycles. The van der Waals surface area contributed by atoms with Crippen LogP contribution < -0.4 is 5.56 Å². The Kier molecular flexibility index (Phi) is 4.87. The van der Waals surface area contributed by atoms with E-state index >= 15 is 0 Å². The largest absolute Gasteiger partial charge is 0.297 e. The topological polar surface area (TPSA) is 58.7 Å². The molecule has 29 heavy (non-hydrogen) atoms. The zero-order valence-corrected chi connectivity index (χ0v) is 17.7. The van der Waals surface area contributed by atoms with Gasteiger partial charge in [0.25, 0.3) is 5.56 Å². The molecule has 0 bridgehead atoms. The van der Waals surface area contributed by atoms with Gasteiger partial charge in [0.15, 0.2) is 5.82 Å². The van der Waals surface area contributed by atoms with Crippen LogP contribution in [0.1, 0.15) is 11.4 Å². The molecule has 1 aliphatic rings. The summed E-state index contributed by atoms with van der Waals surface area (Å²) in [7, 11) is 1.75. The van der Waals surface area contributed by atoms with E-state index in [9.17, 15) is 4.79 Å². The number of rotatable bonds is 4. The molecule has 1 aliphatic heterocycles. The Morgan fingerprint density at radius 2 is 1.69 bits per heavy atom. The Morgan fingerprint density at radius 1 is 1.00 bits per heavy atom. The number of halogens is 1. The van der Waals surface area contributed by atoms with Crippen molar-refractivity contribution in [3.63, 3.8) is 0 Å². The van der Waals surface area contributed by atoms with E-state index in [4.69, 9.17) is 11.6 Å². The van der Waals surface area contributed by atoms with Gasteiger partial charge >= 0.3 is 0 Å². The monoisotopic (exact) mass is 428 g/mol. The number of benzene rings is 1. The van der Waals surface area contributed by atoms with E-state index in [1.807, 2.05) is 28.0 Å². The molecular formula is C20H21ClN6OS. The Morgan fingerprint density at radius 3 is 2.41 bits per heavy atom. The molecule has 4 aromatic rings. The first kappa shape index (κ1) is 18.7. The molecule has 3 aromatic heterocycles. The highest BCUT2D eigenvalue weighted by molar-refractivity contribution is 7.17. The fraction of sp³-hybridized carbons (Fsp3) is 0.350. The zero-order valence-electron chi connectivity index (χ0n) is 16.1. The normalized spacial score (nSPS) is 16.2. The summed E-state index contributed by atoms with van der Waals surface area (Å²) in [6, 6.07) is 10.1. The second-order valence-electron chi connectivity index (χ2n) is 7.43. The molecule has 0 amide bonds. The van der Waals surface area contributed by atoms with Gasteiger partial charge in [-0.2, -0.15) is 0 Å². The highest BCUT2D eigenvalue weighted by atomic mass is 35.5. The minimum Gasteiger partial charge on any atom is -0.297 e. The van der Waals surface area contributed by atoms with E-state index in [1.165, 1.54) is 16.9 Å². The lowest BCUT2D eigenvalue weighted by molar-refractivity contribution is 0.119. The van der Waals surface area contributed by atoms with Crippen molar-refractivity contribution in [1.29, 1.82) is 0 Å². The van der Waals surface area contributed by atoms with E-state index in [-0.39, 0.29) is 5.56 Å². The molecule has 1 fully saturated rings. The van der Waals surface area contributed by atoms with E-state index < -0.39 is 0 Å². The number of nitrogens with zero attached hydrogens (tertiary/aromatic N) is 6. The van der Waals surface area contributed by atoms with E-state index in [0.29, 0.717) is 5.78 Å². The van der Waals surface area contributed by atoms with Gasteiger partial charge in [0.2, 0.25) is 5.78 Å². The van der Waals surface area contributed by atoms with Crippen LogP contribution in [0.5, 0.6) is 0 Å². The van der Waals surface area contributed by atoms with Crippen molar-refractivity contribution in [2.75, 3.05) is 26.2 Å². The minimum atomic E-state index is -0.0164. The van der Waals surface area contributed by atoms with Crippen molar-refractivity contribution >= 4 is 38.9 Å². The van der Waals surface area contributed by atoms with Gasteiger partial charge in [-0.3, -0.25) is 23.6 Å². The third kappa shape index (κ3) is 3.46. The fourth-order valence-corrected chi connectivity index (χ4v) is 4.89. The molecule has 0 spiro atoms. The third-order valence-electron chi connectivity index (χ3n) is 5.55. The summed E-state index contributed by atoms with van der Waals surface area (Å²) in [5.74, 6) is 1.47. The summed E-state index contributed by atoms with van der Waals surface area (Å²) in [5, 5.41) is 11.4. The third-order valence-corrected chi connectivity index (χ3v) is 6.69. The number of hydrogen-bond donors (Lipinski definition) is 0. The number of thiophene rings is 1. The van der Waals surface area contributed by atoms with Gasteiger partial charge in [-0.25, -0.2) is 0 Å². The number of aromatic nitrogens is 4. The first-order valence-electron chi connectivity index (χ1n) is 9.59. The van der Waals surface area contributed by atoms with Crippen LogP contribution in [0, 0.1) is 0 Å². The SMILES string of the molecule is Cn1c(=O)c2sccc2n2c(CN3CCN(Cc4ccc(Cl)cc4)CC3)nnc12. The Labute approximate surface area is 176 Å². The van der Waals surface area contributed by atoms with Crippen LogP contribution in [-0.2, 0) is 20.1 Å². The summed E-state index contributed by atoms with van der Waals surface area (Å²) in [6.07, 6.45) is 0. The molecule has 1 aromatic carbocycles. The van der Waals surface area contributed by atoms with Gasteiger partial charge < -0.3 is 0 Å². The van der Waals surface area contributed by atoms with Crippen molar-refractivity contribution in [1.82, 2.24) is 29.0 Å². The van der Waals surface area contributed by atoms with Gasteiger partial charge in [-0.1, -0.05) is 23.7 Å². The number of aryl methyl sites for hydroxylation is 1. The average molecular weight is 429 g/mol. The summed E-state index contributed by atoms with van der Waals surface area (Å²) >= 11 is 7.44. The van der Waals surface area contributed by atoms with E-state index in [1.54, 1.807) is 11.6 Å². The van der Waals surface area contributed by atoms with Crippen molar-refractivity contribution < 1.29 is 0 Å². The lowest BCUT2D eigenvalue weighted by Gasteiger charge is -2.34. The standard InChI is InChI=1S/C20H21ClN6OS/c1-24-19(28)18-16(6-11-29-18)27-17(22-23-20(24)27)13-26-9-7-25(8-10-26)12-14-2-4-15(21)5-3-14/h2-6,11H,7-10,12-13H2,1H3. The lowest BCUT2D eigenvalue weighted by Crippen LogP contribution is -2.45. The molecule has 0 aliphatic carbocycles. The van der Waals surface area contributed by atoms with Gasteiger partial charge in [0.1, 0.15) is 4.70 Å². The second-order valence-corrected chi connectivity index (χ2v) is 8.78. The molecule has 9 heteroatoms. The van der Waals surface area contributed by atoms with Crippen molar-refractivity contribution in [2.24, 2.45) is 7.05 Å². The van der Waals surface area contributed by atoms with Crippen molar-refractivity contribution in [3.8, 4) is 0 Å². The van der Waals surface area contributed by atoms with Gasteiger partial charge in [-0.15, -0.1) is 21.5 Å². The molecule has 5 rings (SSSR count). The van der Waals surface area contributed by atoms with Crippen molar-refractivity contribution in [2.45, 2.75) is 13.1 Å². The van der Waals surface area contributed by atoms with Crippen LogP contribution in [-0.4, -0.2) is 55.1 Å². The zero-order chi connectivity index (χ0) is 20.0. The van der Waals surface area contributed by atoms with E-state index in [2.05, 4.69) is 32.1 Å². The van der Waals surface area contributed by atoms with Gasteiger partial charge in [0.05, 0.1) is 12.1 Å². The summed E-state index contributed by atoms with van der Waals surface area (Å²) in [5.41, 5.74) is 2.17. The van der Waals surface area contributed by atoms with Crippen LogP contribution in [0.2, 0.25) is 5.02 Å². The van der Waals surface area contributed by atoms with Crippen LogP contribution in [0.15, 0.2) is 40.5 Å². The van der Waals surface area contributed by atoms with E-state index in [0.717, 1.165) is 60.3 Å². The average Bonchev–Trinajstić information content (AvgIpc) is 3.37. The second kappa shape index (κ2) is 7.53. The summed E-state index contributed by atoms with van der Waals surface area (Å²) in [6.45, 7) is 5.62. The molecule has 0 N–H and O–H groups in total. The fourth-order valence-electron chi connectivity index (χ4n) is 3.91. The number of fused-ring (bicyclic) bond motifs is 3. The first-order chi connectivity index (χ1) is 14.1. The summed E-state index contributed by atoms with van der Waals surface area (Å²) in [4.78, 5) is 17.3.